The number of carboxylic acid groups (broad SMARTS) is 1. The molecule has 138 valence electrons. The lowest BCUT2D eigenvalue weighted by atomic mass is 10.1. The highest BCUT2D eigenvalue weighted by Gasteiger charge is 2.26. The van der Waals surface area contributed by atoms with Crippen LogP contribution in [0.2, 0.25) is 0 Å². The Morgan fingerprint density at radius 2 is 1.84 bits per heavy atom. The second-order valence-corrected chi connectivity index (χ2v) is 8.35. The minimum atomic E-state index is -3.70. The molecule has 0 spiro atoms. The number of benzene rings is 1. The largest absolute Gasteiger partial charge is 0.480 e. The van der Waals surface area contributed by atoms with Crippen LogP contribution >= 0.6 is 0 Å². The zero-order chi connectivity index (χ0) is 18.8. The molecule has 1 aliphatic heterocycles. The van der Waals surface area contributed by atoms with Crippen LogP contribution in [0, 0.1) is 0 Å². The molecule has 9 heteroatoms. The molecule has 0 bridgehead atoms. The molecule has 1 aliphatic rings. The van der Waals surface area contributed by atoms with Crippen molar-refractivity contribution in [2.75, 3.05) is 32.1 Å². The standard InChI is InChI=1S/C16H23N3O5S/c1-11(16(21)22)17-15(20)13-10-12(25(23,24)18(2)3)6-7-14(13)19-8-4-5-9-19/h6-7,10-11H,4-5,8-9H2,1-3H3,(H,17,20)(H,21,22)/t11-/m1/s1. The van der Waals surface area contributed by atoms with E-state index in [0.29, 0.717) is 5.69 Å². The Hall–Kier alpha value is -2.13. The van der Waals surface area contributed by atoms with Gasteiger partial charge in [0.25, 0.3) is 5.91 Å². The summed E-state index contributed by atoms with van der Waals surface area (Å²) in [5.74, 6) is -1.76. The number of nitrogens with zero attached hydrogens (tertiary/aromatic N) is 2. The van der Waals surface area contributed by atoms with Gasteiger partial charge in [0.1, 0.15) is 6.04 Å². The van der Waals surface area contributed by atoms with Gasteiger partial charge in [0, 0.05) is 32.9 Å². The van der Waals surface area contributed by atoms with Crippen molar-refractivity contribution in [2.24, 2.45) is 0 Å². The number of rotatable bonds is 6. The third-order valence-electron chi connectivity index (χ3n) is 4.16. The van der Waals surface area contributed by atoms with E-state index in [1.807, 2.05) is 4.90 Å². The zero-order valence-corrected chi connectivity index (χ0v) is 15.3. The van der Waals surface area contributed by atoms with Gasteiger partial charge in [-0.05, 0) is 38.0 Å². The molecule has 25 heavy (non-hydrogen) atoms. The van der Waals surface area contributed by atoms with Gasteiger partial charge < -0.3 is 15.3 Å². The van der Waals surface area contributed by atoms with Gasteiger partial charge in [-0.3, -0.25) is 9.59 Å². The van der Waals surface area contributed by atoms with Gasteiger partial charge in [0.2, 0.25) is 10.0 Å². The Labute approximate surface area is 147 Å². The van der Waals surface area contributed by atoms with Crippen molar-refractivity contribution in [2.45, 2.75) is 30.7 Å². The van der Waals surface area contributed by atoms with Crippen molar-refractivity contribution in [3.8, 4) is 0 Å². The van der Waals surface area contributed by atoms with Gasteiger partial charge >= 0.3 is 5.97 Å². The minimum absolute atomic E-state index is 0.00595. The van der Waals surface area contributed by atoms with Gasteiger partial charge in [0.05, 0.1) is 10.5 Å². The van der Waals surface area contributed by atoms with Crippen molar-refractivity contribution in [3.63, 3.8) is 0 Å². The summed E-state index contributed by atoms with van der Waals surface area (Å²) in [6.07, 6.45) is 1.98. The number of nitrogens with one attached hydrogen (secondary N) is 1. The van der Waals surface area contributed by atoms with Crippen LogP contribution < -0.4 is 10.2 Å². The summed E-state index contributed by atoms with van der Waals surface area (Å²) in [6.45, 7) is 2.90. The van der Waals surface area contributed by atoms with Gasteiger partial charge in [-0.15, -0.1) is 0 Å². The molecule has 1 saturated heterocycles. The molecule has 1 aromatic rings. The molecule has 1 fully saturated rings. The quantitative estimate of drug-likeness (QED) is 0.766. The van der Waals surface area contributed by atoms with Gasteiger partial charge in [-0.2, -0.15) is 0 Å². The molecule has 0 aliphatic carbocycles. The highest BCUT2D eigenvalue weighted by Crippen LogP contribution is 2.28. The number of hydrogen-bond donors (Lipinski definition) is 2. The Kier molecular flexibility index (Phi) is 5.69. The summed E-state index contributed by atoms with van der Waals surface area (Å²) in [4.78, 5) is 25.6. The fourth-order valence-electron chi connectivity index (χ4n) is 2.64. The number of amides is 1. The molecule has 0 unspecified atom stereocenters. The van der Waals surface area contributed by atoms with Gasteiger partial charge in [0.15, 0.2) is 0 Å². The smallest absolute Gasteiger partial charge is 0.325 e. The summed E-state index contributed by atoms with van der Waals surface area (Å²) in [6, 6.07) is 3.32. The third kappa shape index (κ3) is 4.10. The van der Waals surface area contributed by atoms with E-state index in [1.165, 1.54) is 33.2 Å². The van der Waals surface area contributed by atoms with Gasteiger partial charge in [-0.25, -0.2) is 12.7 Å². The highest BCUT2D eigenvalue weighted by atomic mass is 32.2. The van der Waals surface area contributed by atoms with Crippen LogP contribution in [0.25, 0.3) is 0 Å². The SMILES string of the molecule is C[C@@H](NC(=O)c1cc(S(=O)(=O)N(C)C)ccc1N1CCCC1)C(=O)O. The highest BCUT2D eigenvalue weighted by molar-refractivity contribution is 7.89. The molecule has 8 nitrogen and oxygen atoms in total. The fourth-order valence-corrected chi connectivity index (χ4v) is 3.57. The van der Waals surface area contributed by atoms with E-state index in [0.717, 1.165) is 30.2 Å². The second kappa shape index (κ2) is 7.40. The lowest BCUT2D eigenvalue weighted by Gasteiger charge is -2.23. The first-order valence-corrected chi connectivity index (χ1v) is 9.44. The van der Waals surface area contributed by atoms with E-state index in [2.05, 4.69) is 5.32 Å². The molecule has 0 aromatic heterocycles. The summed E-state index contributed by atoms with van der Waals surface area (Å²) in [5.41, 5.74) is 0.781. The molecule has 0 saturated carbocycles. The Morgan fingerprint density at radius 1 is 1.24 bits per heavy atom. The second-order valence-electron chi connectivity index (χ2n) is 6.19. The van der Waals surface area contributed by atoms with Crippen LogP contribution in [0.15, 0.2) is 23.1 Å². The maximum absolute atomic E-state index is 12.6. The van der Waals surface area contributed by atoms with Crippen molar-refractivity contribution < 1.29 is 23.1 Å². The molecule has 0 radical (unpaired) electrons. The lowest BCUT2D eigenvalue weighted by molar-refractivity contribution is -0.138. The molecular weight excluding hydrogens is 346 g/mol. The molecule has 1 atom stereocenters. The number of carboxylic acids is 1. The summed E-state index contributed by atoms with van der Waals surface area (Å²) in [7, 11) is -0.874. The molecule has 2 rings (SSSR count). The molecular formula is C16H23N3O5S. The van der Waals surface area contributed by atoms with E-state index >= 15 is 0 Å². The minimum Gasteiger partial charge on any atom is -0.480 e. The van der Waals surface area contributed by atoms with E-state index < -0.39 is 27.9 Å². The van der Waals surface area contributed by atoms with Crippen LogP contribution in [0.4, 0.5) is 5.69 Å². The predicted octanol–water partition coefficient (Wildman–Crippen LogP) is 0.740. The number of anilines is 1. The normalized spacial score (nSPS) is 16.1. The zero-order valence-electron chi connectivity index (χ0n) is 14.5. The van der Waals surface area contributed by atoms with Crippen LogP contribution in [-0.4, -0.2) is 62.9 Å². The fraction of sp³-hybridized carbons (Fsp3) is 0.500. The summed E-state index contributed by atoms with van der Waals surface area (Å²) < 4.78 is 25.8. The van der Waals surface area contributed by atoms with E-state index in [4.69, 9.17) is 5.11 Å². The van der Waals surface area contributed by atoms with Crippen molar-refractivity contribution in [1.82, 2.24) is 9.62 Å². The van der Waals surface area contributed by atoms with Crippen LogP contribution in [0.5, 0.6) is 0 Å². The van der Waals surface area contributed by atoms with Crippen molar-refractivity contribution in [3.05, 3.63) is 23.8 Å². The van der Waals surface area contributed by atoms with Crippen LogP contribution in [0.3, 0.4) is 0 Å². The number of aliphatic carboxylic acids is 1. The van der Waals surface area contributed by atoms with Gasteiger partial charge in [-0.1, -0.05) is 0 Å². The topological polar surface area (TPSA) is 107 Å². The number of sulfonamides is 1. The van der Waals surface area contributed by atoms with E-state index in [1.54, 1.807) is 6.07 Å². The number of carbonyl (C=O) groups is 2. The Bertz CT molecular complexity index is 770. The maximum atomic E-state index is 12.6. The average Bonchev–Trinajstić information content (AvgIpc) is 3.08. The first-order chi connectivity index (χ1) is 11.6. The van der Waals surface area contributed by atoms with Crippen molar-refractivity contribution >= 4 is 27.6 Å². The summed E-state index contributed by atoms with van der Waals surface area (Å²) >= 11 is 0. The van der Waals surface area contributed by atoms with E-state index in [9.17, 15) is 18.0 Å². The first kappa shape index (κ1) is 19.2. The molecule has 1 amide bonds. The predicted molar refractivity (Wildman–Crippen MR) is 93.3 cm³/mol. The average molecular weight is 369 g/mol. The monoisotopic (exact) mass is 369 g/mol. The lowest BCUT2D eigenvalue weighted by Crippen LogP contribution is -2.39. The van der Waals surface area contributed by atoms with Crippen LogP contribution in [0.1, 0.15) is 30.1 Å². The molecule has 1 aromatic carbocycles. The number of hydrogen-bond acceptors (Lipinski definition) is 5. The van der Waals surface area contributed by atoms with Crippen LogP contribution in [-0.2, 0) is 14.8 Å². The first-order valence-electron chi connectivity index (χ1n) is 8.00. The van der Waals surface area contributed by atoms with Crippen molar-refractivity contribution in [1.29, 1.82) is 0 Å². The Morgan fingerprint density at radius 3 is 2.36 bits per heavy atom. The van der Waals surface area contributed by atoms with E-state index in [-0.39, 0.29) is 10.5 Å². The molecule has 2 N–H and O–H groups in total. The number of carbonyl (C=O) groups excluding carboxylic acids is 1. The molecule has 1 heterocycles. The third-order valence-corrected chi connectivity index (χ3v) is 5.97. The maximum Gasteiger partial charge on any atom is 0.325 e. The summed E-state index contributed by atoms with van der Waals surface area (Å²) in [5, 5.41) is 11.4. The Balaban J connectivity index is 2.47.